The van der Waals surface area contributed by atoms with Gasteiger partial charge in [-0.05, 0) is 41.2 Å². The highest BCUT2D eigenvalue weighted by atomic mass is 14.4. The van der Waals surface area contributed by atoms with Crippen LogP contribution in [0.1, 0.15) is 47.0 Å². The molecule has 0 spiro atoms. The van der Waals surface area contributed by atoms with Crippen molar-refractivity contribution in [1.82, 2.24) is 0 Å². The Kier molecular flexibility index (Phi) is 3.16. The molecule has 0 fully saturated rings. The lowest BCUT2D eigenvalue weighted by molar-refractivity contribution is 0.276. The molecular weight excluding hydrogens is 204 g/mol. The minimum Gasteiger partial charge on any atom is -0.0804 e. The highest BCUT2D eigenvalue weighted by molar-refractivity contribution is 5.35. The van der Waals surface area contributed by atoms with Crippen molar-refractivity contribution in [2.24, 2.45) is 10.8 Å². The molecule has 0 bridgehead atoms. The smallest absolute Gasteiger partial charge is 0.00984 e. The van der Waals surface area contributed by atoms with Gasteiger partial charge in [0.1, 0.15) is 0 Å². The molecule has 2 aliphatic carbocycles. The van der Waals surface area contributed by atoms with Gasteiger partial charge in [-0.3, -0.25) is 0 Å². The molecule has 0 aromatic rings. The Hall–Kier alpha value is -1.04. The third-order valence-electron chi connectivity index (χ3n) is 3.99. The van der Waals surface area contributed by atoms with Gasteiger partial charge < -0.3 is 0 Å². The van der Waals surface area contributed by atoms with Crippen LogP contribution in [0.25, 0.3) is 0 Å². The summed E-state index contributed by atoms with van der Waals surface area (Å²) in [6.45, 7) is 9.48. The Morgan fingerprint density at radius 2 is 1.24 bits per heavy atom. The van der Waals surface area contributed by atoms with Crippen molar-refractivity contribution >= 4 is 0 Å². The molecule has 0 radical (unpaired) electrons. The molecule has 0 N–H and O–H groups in total. The molecule has 0 atom stereocenters. The molecule has 2 aliphatic rings. The topological polar surface area (TPSA) is 0 Å². The Morgan fingerprint density at radius 3 is 1.53 bits per heavy atom. The summed E-state index contributed by atoms with van der Waals surface area (Å²) in [5.74, 6) is 0. The maximum absolute atomic E-state index is 2.37. The second-order valence-electron chi connectivity index (χ2n) is 6.54. The molecule has 0 aromatic carbocycles. The molecule has 0 saturated heterocycles. The zero-order valence-corrected chi connectivity index (χ0v) is 11.6. The quantitative estimate of drug-likeness (QED) is 0.620. The Labute approximate surface area is 106 Å². The lowest BCUT2D eigenvalue weighted by atomic mass is 9.68. The van der Waals surface area contributed by atoms with Crippen molar-refractivity contribution in [2.45, 2.75) is 47.0 Å². The number of allylic oxidation sites excluding steroid dienone is 8. The summed E-state index contributed by atoms with van der Waals surface area (Å²) >= 11 is 0. The van der Waals surface area contributed by atoms with E-state index in [1.807, 2.05) is 0 Å². The Morgan fingerprint density at radius 1 is 0.824 bits per heavy atom. The molecule has 0 nitrogen and oxygen atoms in total. The van der Waals surface area contributed by atoms with Crippen LogP contribution >= 0.6 is 0 Å². The van der Waals surface area contributed by atoms with Crippen LogP contribution in [-0.2, 0) is 0 Å². The standard InChI is InChI=1S/C17H24/c1-16(2,14-9-5-6-10-14)13-17(3,4)15-11-7-8-12-15/h5,7,9-12H,6,8,13H2,1-4H3. The normalized spacial score (nSPS) is 19.8. The number of hydrogen-bond acceptors (Lipinski definition) is 0. The van der Waals surface area contributed by atoms with Gasteiger partial charge >= 0.3 is 0 Å². The SMILES string of the molecule is CC(C)(CC(C)(C)C1=CCC=C1)C1=CCC=C1. The fraction of sp³-hybridized carbons (Fsp3) is 0.529. The van der Waals surface area contributed by atoms with E-state index in [1.165, 1.54) is 17.6 Å². The Bertz CT molecular complexity index is 371. The van der Waals surface area contributed by atoms with E-state index in [4.69, 9.17) is 0 Å². The first-order chi connectivity index (χ1) is 7.92. The van der Waals surface area contributed by atoms with Gasteiger partial charge in [0.05, 0.1) is 0 Å². The minimum absolute atomic E-state index is 0.272. The third-order valence-corrected chi connectivity index (χ3v) is 3.99. The molecule has 0 aromatic heterocycles. The van der Waals surface area contributed by atoms with Gasteiger partial charge in [0.25, 0.3) is 0 Å². The van der Waals surface area contributed by atoms with E-state index >= 15 is 0 Å². The van der Waals surface area contributed by atoms with E-state index in [-0.39, 0.29) is 10.8 Å². The second-order valence-corrected chi connectivity index (χ2v) is 6.54. The van der Waals surface area contributed by atoms with Crippen LogP contribution in [0.15, 0.2) is 47.6 Å². The summed E-state index contributed by atoms with van der Waals surface area (Å²) < 4.78 is 0. The zero-order valence-electron chi connectivity index (χ0n) is 11.6. The van der Waals surface area contributed by atoms with Crippen LogP contribution in [0.2, 0.25) is 0 Å². The van der Waals surface area contributed by atoms with Gasteiger partial charge in [-0.2, -0.15) is 0 Å². The van der Waals surface area contributed by atoms with E-state index in [0.717, 1.165) is 12.8 Å². The van der Waals surface area contributed by atoms with Gasteiger partial charge in [-0.1, -0.05) is 64.2 Å². The van der Waals surface area contributed by atoms with Crippen LogP contribution < -0.4 is 0 Å². The van der Waals surface area contributed by atoms with Crippen LogP contribution in [0.3, 0.4) is 0 Å². The first-order valence-electron chi connectivity index (χ1n) is 6.66. The molecule has 0 saturated carbocycles. The average Bonchev–Trinajstić information content (AvgIpc) is 2.91. The summed E-state index contributed by atoms with van der Waals surface area (Å²) in [6, 6.07) is 0. The van der Waals surface area contributed by atoms with Crippen LogP contribution in [-0.4, -0.2) is 0 Å². The molecule has 0 unspecified atom stereocenters. The van der Waals surface area contributed by atoms with Crippen molar-refractivity contribution in [3.63, 3.8) is 0 Å². The van der Waals surface area contributed by atoms with Crippen LogP contribution in [0.5, 0.6) is 0 Å². The molecule has 92 valence electrons. The van der Waals surface area contributed by atoms with Crippen molar-refractivity contribution in [3.05, 3.63) is 47.6 Å². The highest BCUT2D eigenvalue weighted by Crippen LogP contribution is 2.45. The van der Waals surface area contributed by atoms with Crippen molar-refractivity contribution in [1.29, 1.82) is 0 Å². The maximum atomic E-state index is 2.37. The average molecular weight is 228 g/mol. The fourth-order valence-electron chi connectivity index (χ4n) is 3.23. The van der Waals surface area contributed by atoms with Gasteiger partial charge in [0, 0.05) is 0 Å². The van der Waals surface area contributed by atoms with E-state index in [9.17, 15) is 0 Å². The summed E-state index contributed by atoms with van der Waals surface area (Å²) in [5, 5.41) is 0. The third kappa shape index (κ3) is 2.62. The second kappa shape index (κ2) is 4.33. The van der Waals surface area contributed by atoms with E-state index in [2.05, 4.69) is 64.2 Å². The van der Waals surface area contributed by atoms with E-state index in [0.29, 0.717) is 0 Å². The molecule has 0 heterocycles. The number of hydrogen-bond donors (Lipinski definition) is 0. The van der Waals surface area contributed by atoms with Crippen LogP contribution in [0.4, 0.5) is 0 Å². The van der Waals surface area contributed by atoms with Crippen molar-refractivity contribution in [2.75, 3.05) is 0 Å². The first kappa shape index (κ1) is 12.4. The predicted octanol–water partition coefficient (Wildman–Crippen LogP) is 5.20. The lowest BCUT2D eigenvalue weighted by Crippen LogP contribution is -2.25. The minimum atomic E-state index is 0.272. The molecule has 17 heavy (non-hydrogen) atoms. The summed E-state index contributed by atoms with van der Waals surface area (Å²) in [4.78, 5) is 0. The van der Waals surface area contributed by atoms with Crippen molar-refractivity contribution < 1.29 is 0 Å². The summed E-state index contributed by atoms with van der Waals surface area (Å²) in [7, 11) is 0. The van der Waals surface area contributed by atoms with Gasteiger partial charge in [0.2, 0.25) is 0 Å². The Balaban J connectivity index is 2.14. The van der Waals surface area contributed by atoms with Crippen LogP contribution in [0, 0.1) is 10.8 Å². The van der Waals surface area contributed by atoms with Gasteiger partial charge in [0.15, 0.2) is 0 Å². The molecule has 0 amide bonds. The monoisotopic (exact) mass is 228 g/mol. The summed E-state index contributed by atoms with van der Waals surface area (Å²) in [5.41, 5.74) is 3.56. The van der Waals surface area contributed by atoms with E-state index in [1.54, 1.807) is 0 Å². The van der Waals surface area contributed by atoms with Gasteiger partial charge in [-0.15, -0.1) is 0 Å². The maximum Gasteiger partial charge on any atom is -0.00984 e. The highest BCUT2D eigenvalue weighted by Gasteiger charge is 2.33. The molecular formula is C17H24. The predicted molar refractivity (Wildman–Crippen MR) is 75.9 cm³/mol. The fourth-order valence-corrected chi connectivity index (χ4v) is 3.23. The largest absolute Gasteiger partial charge is 0.0804 e. The molecule has 0 aliphatic heterocycles. The summed E-state index contributed by atoms with van der Waals surface area (Å²) in [6.07, 6.45) is 17.3. The molecule has 2 rings (SSSR count). The lowest BCUT2D eigenvalue weighted by Gasteiger charge is -2.36. The number of rotatable bonds is 4. The first-order valence-corrected chi connectivity index (χ1v) is 6.66. The zero-order chi connectivity index (χ0) is 12.5. The van der Waals surface area contributed by atoms with Gasteiger partial charge in [-0.25, -0.2) is 0 Å². The van der Waals surface area contributed by atoms with Crippen molar-refractivity contribution in [3.8, 4) is 0 Å². The van der Waals surface area contributed by atoms with E-state index < -0.39 is 0 Å². The molecule has 0 heteroatoms.